The number of nitrogens with zero attached hydrogens (tertiary/aromatic N) is 4. The number of amides is 4. The summed E-state index contributed by atoms with van der Waals surface area (Å²) in [6.45, 7) is 0. The normalized spacial score (nSPS) is 25.4. The largest absolute Gasteiger partial charge is 0.453 e. The molecule has 0 bridgehead atoms. The van der Waals surface area contributed by atoms with Crippen LogP contribution in [0.4, 0.5) is 9.59 Å². The molecule has 6 atom stereocenters. The maximum atomic E-state index is 13.6. The smallest absolute Gasteiger partial charge is 0.407 e. The van der Waals surface area contributed by atoms with Gasteiger partial charge in [-0.1, -0.05) is 48.5 Å². The molecule has 4 aliphatic heterocycles. The quantitative estimate of drug-likeness (QED) is 0.179. The lowest BCUT2D eigenvalue weighted by Gasteiger charge is -2.30. The summed E-state index contributed by atoms with van der Waals surface area (Å²) in [5.74, 6) is 1.36. The molecule has 2 aromatic carbocycles. The van der Waals surface area contributed by atoms with Crippen LogP contribution in [-0.2, 0) is 19.1 Å². The van der Waals surface area contributed by atoms with Crippen LogP contribution in [0.5, 0.6) is 0 Å². The van der Waals surface area contributed by atoms with Gasteiger partial charge >= 0.3 is 12.2 Å². The molecule has 4 saturated heterocycles. The van der Waals surface area contributed by atoms with Crippen LogP contribution < -0.4 is 10.6 Å². The van der Waals surface area contributed by atoms with Crippen LogP contribution in [-0.4, -0.2) is 92.1 Å². The average Bonchev–Trinajstić information content (AvgIpc) is 4.01. The molecular formula is C40H46N8O6. The molecule has 282 valence electrons. The van der Waals surface area contributed by atoms with Gasteiger partial charge in [0.1, 0.15) is 23.7 Å². The van der Waals surface area contributed by atoms with E-state index < -0.39 is 24.3 Å². The zero-order valence-electron chi connectivity index (χ0n) is 30.5. The molecule has 6 heterocycles. The minimum Gasteiger partial charge on any atom is -0.453 e. The third kappa shape index (κ3) is 6.80. The zero-order valence-corrected chi connectivity index (χ0v) is 30.5. The monoisotopic (exact) mass is 734 g/mol. The molecule has 4 aromatic rings. The highest BCUT2D eigenvalue weighted by Crippen LogP contribution is 2.41. The molecule has 4 amide bonds. The lowest BCUT2D eigenvalue weighted by molar-refractivity contribution is -0.136. The van der Waals surface area contributed by atoms with E-state index >= 15 is 0 Å². The van der Waals surface area contributed by atoms with Crippen LogP contribution in [0.2, 0.25) is 0 Å². The van der Waals surface area contributed by atoms with Gasteiger partial charge in [-0.2, -0.15) is 0 Å². The summed E-state index contributed by atoms with van der Waals surface area (Å²) in [6.07, 6.45) is 10.6. The summed E-state index contributed by atoms with van der Waals surface area (Å²) in [5, 5.41) is 5.44. The Morgan fingerprint density at radius 1 is 0.593 bits per heavy atom. The van der Waals surface area contributed by atoms with E-state index in [0.717, 1.165) is 96.7 Å². The standard InChI is InChI=1S/C40H46N8O6/c1-53-39(51)45-29-7-3-5-27-17-19-33(47(27)37(29)49)35-41-21-31(43-35)25-13-9-23(10-14-25)24-11-15-26(16-12-24)32-22-42-36(44-32)34-20-18-28-6-4-8-30(38(50)48(28)34)46-40(52)54-2/h9-16,21-22,27-30,33-34H,3-8,17-20H2,1-2H3,(H,41,43)(H,42,44)(H,45,51)(H,46,52). The number of hydrogen-bond acceptors (Lipinski definition) is 8. The summed E-state index contributed by atoms with van der Waals surface area (Å²) in [6, 6.07) is 15.3. The third-order valence-electron chi connectivity index (χ3n) is 11.7. The fourth-order valence-corrected chi connectivity index (χ4v) is 8.92. The number of ether oxygens (including phenoxy) is 2. The minimum atomic E-state index is -0.597. The number of nitrogens with one attached hydrogen (secondary N) is 4. The van der Waals surface area contributed by atoms with E-state index in [-0.39, 0.29) is 36.0 Å². The van der Waals surface area contributed by atoms with Gasteiger partial charge in [-0.3, -0.25) is 9.59 Å². The Morgan fingerprint density at radius 2 is 0.981 bits per heavy atom. The maximum absolute atomic E-state index is 13.6. The minimum absolute atomic E-state index is 0.0764. The summed E-state index contributed by atoms with van der Waals surface area (Å²) < 4.78 is 9.52. The van der Waals surface area contributed by atoms with E-state index in [4.69, 9.17) is 19.4 Å². The van der Waals surface area contributed by atoms with Gasteiger partial charge in [0.15, 0.2) is 0 Å². The predicted molar refractivity (Wildman–Crippen MR) is 199 cm³/mol. The molecule has 0 spiro atoms. The Hall–Kier alpha value is -5.66. The molecule has 0 radical (unpaired) electrons. The molecule has 2 aromatic heterocycles. The number of imidazole rings is 2. The molecule has 0 saturated carbocycles. The van der Waals surface area contributed by atoms with Crippen LogP contribution in [0, 0.1) is 0 Å². The van der Waals surface area contributed by atoms with Gasteiger partial charge in [-0.05, 0) is 86.5 Å². The molecule has 14 nitrogen and oxygen atoms in total. The van der Waals surface area contributed by atoms with Crippen LogP contribution in [0.3, 0.4) is 0 Å². The van der Waals surface area contributed by atoms with Gasteiger partial charge in [-0.25, -0.2) is 19.6 Å². The van der Waals surface area contributed by atoms with Gasteiger partial charge in [0.25, 0.3) is 0 Å². The maximum Gasteiger partial charge on any atom is 0.407 e. The Bertz CT molecular complexity index is 1860. The Labute approximate surface area is 313 Å². The van der Waals surface area contributed by atoms with Crippen molar-refractivity contribution in [3.05, 3.63) is 72.6 Å². The van der Waals surface area contributed by atoms with Crippen LogP contribution in [0.15, 0.2) is 60.9 Å². The number of alkyl carbamates (subject to hydrolysis) is 2. The molecule has 54 heavy (non-hydrogen) atoms. The SMILES string of the molecule is COC(=O)NC1CCCC2CCC(c3ncc(-c4ccc(-c5ccc(-c6cnc(C7CCC8CCCC(NC(=O)OC)C(=O)N87)[nH]6)cc5)cc4)[nH]3)N2C1=O. The van der Waals surface area contributed by atoms with Gasteiger partial charge in [0, 0.05) is 12.1 Å². The van der Waals surface area contributed by atoms with Crippen molar-refractivity contribution in [1.82, 2.24) is 40.4 Å². The number of rotatable bonds is 7. The topological polar surface area (TPSA) is 175 Å². The van der Waals surface area contributed by atoms with E-state index in [1.165, 1.54) is 14.2 Å². The number of aromatic nitrogens is 4. The van der Waals surface area contributed by atoms with Crippen molar-refractivity contribution in [1.29, 1.82) is 0 Å². The van der Waals surface area contributed by atoms with Gasteiger partial charge in [0.05, 0.1) is 50.1 Å². The van der Waals surface area contributed by atoms with Crippen molar-refractivity contribution in [2.75, 3.05) is 14.2 Å². The van der Waals surface area contributed by atoms with Crippen LogP contribution >= 0.6 is 0 Å². The van der Waals surface area contributed by atoms with Crippen molar-refractivity contribution in [2.24, 2.45) is 0 Å². The van der Waals surface area contributed by atoms with E-state index in [9.17, 15) is 19.2 Å². The summed E-state index contributed by atoms with van der Waals surface area (Å²) in [7, 11) is 2.61. The molecule has 0 aliphatic carbocycles. The highest BCUT2D eigenvalue weighted by Gasteiger charge is 2.45. The van der Waals surface area contributed by atoms with Gasteiger partial charge in [0.2, 0.25) is 11.8 Å². The number of fused-ring (bicyclic) bond motifs is 2. The number of hydrogen-bond donors (Lipinski definition) is 4. The second kappa shape index (κ2) is 15.0. The van der Waals surface area contributed by atoms with Crippen molar-refractivity contribution in [3.8, 4) is 33.6 Å². The number of aromatic amines is 2. The highest BCUT2D eigenvalue weighted by atomic mass is 16.5. The van der Waals surface area contributed by atoms with E-state index in [1.807, 2.05) is 22.2 Å². The highest BCUT2D eigenvalue weighted by molar-refractivity contribution is 5.87. The Kier molecular flexibility index (Phi) is 9.82. The third-order valence-corrected chi connectivity index (χ3v) is 11.7. The molecular weight excluding hydrogens is 688 g/mol. The van der Waals surface area contributed by atoms with Crippen molar-refractivity contribution in [2.45, 2.75) is 100 Å². The van der Waals surface area contributed by atoms with E-state index in [2.05, 4.69) is 69.1 Å². The van der Waals surface area contributed by atoms with Crippen molar-refractivity contribution >= 4 is 24.0 Å². The number of carbonyl (C=O) groups excluding carboxylic acids is 4. The number of H-pyrrole nitrogens is 2. The number of benzene rings is 2. The van der Waals surface area contributed by atoms with Gasteiger partial charge in [-0.15, -0.1) is 0 Å². The van der Waals surface area contributed by atoms with Crippen molar-refractivity contribution in [3.63, 3.8) is 0 Å². The number of methoxy groups -OCH3 is 2. The first kappa shape index (κ1) is 35.4. The average molecular weight is 735 g/mol. The Morgan fingerprint density at radius 3 is 1.37 bits per heavy atom. The summed E-state index contributed by atoms with van der Waals surface area (Å²) >= 11 is 0. The van der Waals surface area contributed by atoms with Crippen molar-refractivity contribution < 1.29 is 28.7 Å². The molecule has 8 rings (SSSR count). The Balaban J connectivity index is 0.930. The van der Waals surface area contributed by atoms with Gasteiger partial charge < -0.3 is 39.9 Å². The van der Waals surface area contributed by atoms with Crippen LogP contribution in [0.1, 0.15) is 87.9 Å². The first-order valence-corrected chi connectivity index (χ1v) is 19.0. The second-order valence-corrected chi connectivity index (χ2v) is 14.7. The number of carbonyl (C=O) groups is 4. The first-order valence-electron chi connectivity index (χ1n) is 19.0. The zero-order chi connectivity index (χ0) is 37.3. The van der Waals surface area contributed by atoms with Crippen LogP contribution in [0.25, 0.3) is 33.6 Å². The molecule has 4 fully saturated rings. The second-order valence-electron chi connectivity index (χ2n) is 14.7. The summed E-state index contributed by atoms with van der Waals surface area (Å²) in [5.41, 5.74) is 5.88. The summed E-state index contributed by atoms with van der Waals surface area (Å²) in [4.78, 5) is 71.2. The molecule has 14 heteroatoms. The predicted octanol–water partition coefficient (Wildman–Crippen LogP) is 6.02. The van der Waals surface area contributed by atoms with E-state index in [1.54, 1.807) is 0 Å². The molecule has 6 unspecified atom stereocenters. The first-order chi connectivity index (χ1) is 26.3. The lowest BCUT2D eigenvalue weighted by atomic mass is 10.0. The fourth-order valence-electron chi connectivity index (χ4n) is 8.92. The fraction of sp³-hybridized carbons (Fsp3) is 0.450. The molecule has 4 aliphatic rings. The van der Waals surface area contributed by atoms with E-state index in [0.29, 0.717) is 12.8 Å². The lowest BCUT2D eigenvalue weighted by Crippen LogP contribution is -2.49. The molecule has 4 N–H and O–H groups in total.